The van der Waals surface area contributed by atoms with Crippen LogP contribution in [-0.4, -0.2) is 10.8 Å². The predicted molar refractivity (Wildman–Crippen MR) is 95.4 cm³/mol. The maximum absolute atomic E-state index is 12.9. The van der Waals surface area contributed by atoms with Crippen molar-refractivity contribution in [2.45, 2.75) is 18.5 Å². The minimum Gasteiger partial charge on any atom is -0.330 e. The number of carbonyl (C=O) groups is 1. The van der Waals surface area contributed by atoms with E-state index >= 15 is 0 Å². The molecular weight excluding hydrogens is 294 g/mol. The molecule has 2 heteroatoms. The van der Waals surface area contributed by atoms with Gasteiger partial charge >= 0.3 is 0 Å². The molecule has 118 valence electrons. The van der Waals surface area contributed by atoms with Gasteiger partial charge in [0.25, 0.3) is 0 Å². The van der Waals surface area contributed by atoms with E-state index in [1.165, 1.54) is 11.1 Å². The van der Waals surface area contributed by atoms with Crippen LogP contribution in [0.15, 0.2) is 91.0 Å². The Kier molecular flexibility index (Phi) is 3.87. The summed E-state index contributed by atoms with van der Waals surface area (Å²) in [5, 5.41) is 0. The summed E-state index contributed by atoms with van der Waals surface area (Å²) in [6.45, 7) is 0.655. The molecule has 0 aliphatic carbocycles. The van der Waals surface area contributed by atoms with Crippen molar-refractivity contribution in [2.24, 2.45) is 0 Å². The Hall–Kier alpha value is -2.87. The molecule has 0 spiro atoms. The largest absolute Gasteiger partial charge is 0.330 e. The molecule has 1 fully saturated rings. The number of likely N-dealkylation sites (tertiary alicyclic amines) is 1. The molecule has 2 atom stereocenters. The molecule has 0 radical (unpaired) electrons. The van der Waals surface area contributed by atoms with Gasteiger partial charge in [-0.15, -0.1) is 0 Å². The number of amides is 1. The SMILES string of the molecule is O=C1[C@@H](c2ccccc2)[C@H](c2ccccc2)N1Cc1ccccc1. The Morgan fingerprint density at radius 2 is 1.17 bits per heavy atom. The minimum absolute atomic E-state index is 0.0858. The zero-order valence-electron chi connectivity index (χ0n) is 13.4. The second-order valence-electron chi connectivity index (χ2n) is 6.20. The van der Waals surface area contributed by atoms with Crippen molar-refractivity contribution in [3.63, 3.8) is 0 Å². The summed E-state index contributed by atoms with van der Waals surface area (Å²) >= 11 is 0. The normalized spacial score (nSPS) is 19.8. The Morgan fingerprint density at radius 3 is 1.75 bits per heavy atom. The van der Waals surface area contributed by atoms with Crippen LogP contribution in [0.25, 0.3) is 0 Å². The lowest BCUT2D eigenvalue weighted by Crippen LogP contribution is -2.52. The van der Waals surface area contributed by atoms with Gasteiger partial charge in [0.2, 0.25) is 5.91 Å². The highest BCUT2D eigenvalue weighted by molar-refractivity contribution is 5.91. The highest BCUT2D eigenvalue weighted by Gasteiger charge is 2.48. The highest BCUT2D eigenvalue weighted by atomic mass is 16.2. The van der Waals surface area contributed by atoms with Crippen LogP contribution in [0.2, 0.25) is 0 Å². The number of β-lactam (4-membered cyclic amide) rings is 1. The fourth-order valence-electron chi connectivity index (χ4n) is 3.51. The summed E-state index contributed by atoms with van der Waals surface area (Å²) in [7, 11) is 0. The van der Waals surface area contributed by atoms with Gasteiger partial charge in [-0.25, -0.2) is 0 Å². The zero-order valence-corrected chi connectivity index (χ0v) is 13.4. The lowest BCUT2D eigenvalue weighted by molar-refractivity contribution is -0.151. The fourth-order valence-corrected chi connectivity index (χ4v) is 3.51. The predicted octanol–water partition coefficient (Wildman–Crippen LogP) is 4.55. The van der Waals surface area contributed by atoms with Crippen molar-refractivity contribution in [3.05, 3.63) is 108 Å². The van der Waals surface area contributed by atoms with Crippen LogP contribution in [0.5, 0.6) is 0 Å². The van der Waals surface area contributed by atoms with Crippen LogP contribution in [0, 0.1) is 0 Å². The van der Waals surface area contributed by atoms with Crippen molar-refractivity contribution < 1.29 is 4.79 Å². The third-order valence-corrected chi connectivity index (χ3v) is 4.70. The summed E-state index contributed by atoms with van der Waals surface area (Å²) in [5.74, 6) is 0.121. The maximum atomic E-state index is 12.9. The first-order valence-electron chi connectivity index (χ1n) is 8.29. The van der Waals surface area contributed by atoms with E-state index in [2.05, 4.69) is 36.4 Å². The van der Waals surface area contributed by atoms with Crippen LogP contribution in [0.3, 0.4) is 0 Å². The number of carbonyl (C=O) groups excluding carboxylic acids is 1. The maximum Gasteiger partial charge on any atom is 0.233 e. The summed E-state index contributed by atoms with van der Waals surface area (Å²) in [4.78, 5) is 14.9. The molecule has 0 bridgehead atoms. The van der Waals surface area contributed by atoms with E-state index in [4.69, 9.17) is 0 Å². The molecule has 0 saturated carbocycles. The van der Waals surface area contributed by atoms with Crippen LogP contribution < -0.4 is 0 Å². The third kappa shape index (κ3) is 2.61. The zero-order chi connectivity index (χ0) is 16.4. The van der Waals surface area contributed by atoms with Crippen LogP contribution in [0.4, 0.5) is 0 Å². The van der Waals surface area contributed by atoms with Crippen LogP contribution >= 0.6 is 0 Å². The molecule has 0 aromatic heterocycles. The first-order valence-corrected chi connectivity index (χ1v) is 8.29. The van der Waals surface area contributed by atoms with Crippen molar-refractivity contribution in [1.82, 2.24) is 4.90 Å². The van der Waals surface area contributed by atoms with Crippen molar-refractivity contribution in [2.75, 3.05) is 0 Å². The van der Waals surface area contributed by atoms with E-state index in [1.807, 2.05) is 59.5 Å². The second-order valence-corrected chi connectivity index (χ2v) is 6.20. The molecule has 1 aliphatic rings. The number of hydrogen-bond acceptors (Lipinski definition) is 1. The van der Waals surface area contributed by atoms with Crippen molar-refractivity contribution in [3.8, 4) is 0 Å². The van der Waals surface area contributed by atoms with Gasteiger partial charge in [0, 0.05) is 6.54 Å². The summed E-state index contributed by atoms with van der Waals surface area (Å²) in [5.41, 5.74) is 3.46. The molecule has 24 heavy (non-hydrogen) atoms. The van der Waals surface area contributed by atoms with E-state index in [-0.39, 0.29) is 17.9 Å². The standard InChI is InChI=1S/C22H19NO/c24-22-20(18-12-6-2-7-13-18)21(19-14-8-3-9-15-19)23(22)16-17-10-4-1-5-11-17/h1-15,20-21H,16H2/t20-,21-/m0/s1. The first-order chi connectivity index (χ1) is 11.8. The number of nitrogens with zero attached hydrogens (tertiary/aromatic N) is 1. The van der Waals surface area contributed by atoms with E-state index < -0.39 is 0 Å². The molecule has 1 heterocycles. The molecule has 4 rings (SSSR count). The second kappa shape index (κ2) is 6.32. The molecular formula is C22H19NO. The van der Waals surface area contributed by atoms with Crippen molar-refractivity contribution >= 4 is 5.91 Å². The smallest absolute Gasteiger partial charge is 0.233 e. The van der Waals surface area contributed by atoms with E-state index in [9.17, 15) is 4.79 Å². The van der Waals surface area contributed by atoms with Gasteiger partial charge in [0.15, 0.2) is 0 Å². The summed E-state index contributed by atoms with van der Waals surface area (Å²) < 4.78 is 0. The fraction of sp³-hybridized carbons (Fsp3) is 0.136. The molecule has 1 saturated heterocycles. The number of rotatable bonds is 4. The van der Waals surface area contributed by atoms with Gasteiger partial charge in [-0.1, -0.05) is 91.0 Å². The minimum atomic E-state index is -0.0858. The molecule has 0 N–H and O–H groups in total. The number of hydrogen-bond donors (Lipinski definition) is 0. The molecule has 3 aromatic carbocycles. The lowest BCUT2D eigenvalue weighted by atomic mass is 9.77. The average molecular weight is 313 g/mol. The Labute approximate surface area is 142 Å². The van der Waals surface area contributed by atoms with Gasteiger partial charge in [-0.2, -0.15) is 0 Å². The molecule has 1 aliphatic heterocycles. The van der Waals surface area contributed by atoms with Gasteiger partial charge in [-0.3, -0.25) is 4.79 Å². The van der Waals surface area contributed by atoms with E-state index in [0.29, 0.717) is 6.54 Å². The summed E-state index contributed by atoms with van der Waals surface area (Å²) in [6, 6.07) is 30.7. The highest BCUT2D eigenvalue weighted by Crippen LogP contribution is 2.47. The summed E-state index contributed by atoms with van der Waals surface area (Å²) in [6.07, 6.45) is 0. The van der Waals surface area contributed by atoms with E-state index in [0.717, 1.165) is 5.56 Å². The number of benzene rings is 3. The van der Waals surface area contributed by atoms with Crippen LogP contribution in [-0.2, 0) is 11.3 Å². The van der Waals surface area contributed by atoms with Gasteiger partial charge in [0.05, 0.1) is 12.0 Å². The van der Waals surface area contributed by atoms with Crippen molar-refractivity contribution in [1.29, 1.82) is 0 Å². The monoisotopic (exact) mass is 313 g/mol. The topological polar surface area (TPSA) is 20.3 Å². The lowest BCUT2D eigenvalue weighted by Gasteiger charge is -2.48. The van der Waals surface area contributed by atoms with Crippen LogP contribution in [0.1, 0.15) is 28.7 Å². The third-order valence-electron chi connectivity index (χ3n) is 4.70. The molecule has 2 nitrogen and oxygen atoms in total. The Bertz CT molecular complexity index is 814. The molecule has 0 unspecified atom stereocenters. The van der Waals surface area contributed by atoms with E-state index in [1.54, 1.807) is 0 Å². The molecule has 3 aromatic rings. The van der Waals surface area contributed by atoms with Gasteiger partial charge < -0.3 is 4.90 Å². The molecule has 1 amide bonds. The first kappa shape index (κ1) is 14.7. The average Bonchev–Trinajstić information content (AvgIpc) is 2.66. The van der Waals surface area contributed by atoms with Gasteiger partial charge in [0.1, 0.15) is 0 Å². The Morgan fingerprint density at radius 1 is 0.667 bits per heavy atom. The quantitative estimate of drug-likeness (QED) is 0.647. The van der Waals surface area contributed by atoms with Gasteiger partial charge in [-0.05, 0) is 16.7 Å². The Balaban J connectivity index is 1.68.